The Morgan fingerprint density at radius 1 is 0.804 bits per heavy atom. The Bertz CT molecular complexity index is 1770. The van der Waals surface area contributed by atoms with Gasteiger partial charge in [-0.3, -0.25) is 13.9 Å². The second-order valence-corrected chi connectivity index (χ2v) is 15.0. The molecule has 0 aliphatic rings. The SMILES string of the molecule is Cc1ccccc1N(CC(=O)N(Cc1c(Cl)cccc1Cl)C(Cc1ccccc1)C(=O)NC(C)(C)C)S(=O)(=O)c1ccc(Cl)cc1. The van der Waals surface area contributed by atoms with E-state index >= 15 is 0 Å². The molecule has 0 radical (unpaired) electrons. The Morgan fingerprint density at radius 3 is 1.98 bits per heavy atom. The van der Waals surface area contributed by atoms with Crippen LogP contribution in [-0.2, 0) is 32.6 Å². The summed E-state index contributed by atoms with van der Waals surface area (Å²) in [6, 6.07) is 25.9. The van der Waals surface area contributed by atoms with Crippen molar-refractivity contribution in [2.75, 3.05) is 10.8 Å². The molecular formula is C35H36Cl3N3O4S. The topological polar surface area (TPSA) is 86.8 Å². The molecule has 1 atom stereocenters. The van der Waals surface area contributed by atoms with Crippen molar-refractivity contribution in [2.45, 2.75) is 57.1 Å². The molecule has 0 spiro atoms. The Labute approximate surface area is 286 Å². The van der Waals surface area contributed by atoms with Crippen LogP contribution in [0.15, 0.2) is 102 Å². The number of aryl methyl sites for hydroxylation is 1. The zero-order chi connectivity index (χ0) is 33.6. The van der Waals surface area contributed by atoms with E-state index in [4.69, 9.17) is 34.8 Å². The quantitative estimate of drug-likeness (QED) is 0.174. The van der Waals surface area contributed by atoms with E-state index in [1.807, 2.05) is 51.1 Å². The highest BCUT2D eigenvalue weighted by molar-refractivity contribution is 7.92. The van der Waals surface area contributed by atoms with Crippen molar-refractivity contribution in [3.05, 3.63) is 129 Å². The fourth-order valence-electron chi connectivity index (χ4n) is 4.95. The highest BCUT2D eigenvalue weighted by atomic mass is 35.5. The third kappa shape index (κ3) is 8.82. The lowest BCUT2D eigenvalue weighted by Gasteiger charge is -2.36. The van der Waals surface area contributed by atoms with Crippen LogP contribution >= 0.6 is 34.8 Å². The van der Waals surface area contributed by atoms with Gasteiger partial charge in [0.1, 0.15) is 12.6 Å². The maximum absolute atomic E-state index is 14.6. The van der Waals surface area contributed by atoms with Gasteiger partial charge in [0.05, 0.1) is 10.6 Å². The summed E-state index contributed by atoms with van der Waals surface area (Å²) in [5, 5.41) is 3.99. The molecule has 0 saturated heterocycles. The smallest absolute Gasteiger partial charge is 0.264 e. The molecule has 242 valence electrons. The normalized spacial score (nSPS) is 12.3. The second kappa shape index (κ2) is 14.9. The molecule has 11 heteroatoms. The van der Waals surface area contributed by atoms with E-state index in [-0.39, 0.29) is 17.9 Å². The predicted octanol–water partition coefficient (Wildman–Crippen LogP) is 7.71. The first-order valence-corrected chi connectivity index (χ1v) is 17.2. The van der Waals surface area contributed by atoms with Gasteiger partial charge < -0.3 is 10.2 Å². The minimum Gasteiger partial charge on any atom is -0.350 e. The Balaban J connectivity index is 1.86. The summed E-state index contributed by atoms with van der Waals surface area (Å²) in [6.07, 6.45) is 0.158. The van der Waals surface area contributed by atoms with Crippen LogP contribution in [0.2, 0.25) is 15.1 Å². The third-order valence-corrected chi connectivity index (χ3v) is 9.96. The predicted molar refractivity (Wildman–Crippen MR) is 186 cm³/mol. The van der Waals surface area contributed by atoms with Gasteiger partial charge in [-0.2, -0.15) is 0 Å². The van der Waals surface area contributed by atoms with Gasteiger partial charge in [0.2, 0.25) is 11.8 Å². The standard InChI is InChI=1S/C35H36Cl3N3O4S/c1-24-11-8-9-16-31(24)41(46(44,45)27-19-17-26(36)18-20-27)23-33(42)40(22-28-29(37)14-10-15-30(28)38)32(34(43)39-35(2,3)4)21-25-12-6-5-7-13-25/h5-20,32H,21-23H2,1-4H3,(H,39,43). The molecular weight excluding hydrogens is 665 g/mol. The van der Waals surface area contributed by atoms with Crippen LogP contribution < -0.4 is 9.62 Å². The van der Waals surface area contributed by atoms with Crippen LogP contribution in [0.3, 0.4) is 0 Å². The lowest BCUT2D eigenvalue weighted by molar-refractivity contribution is -0.140. The molecule has 1 unspecified atom stereocenters. The molecule has 2 amide bonds. The Kier molecular flexibility index (Phi) is 11.4. The monoisotopic (exact) mass is 699 g/mol. The molecule has 0 fully saturated rings. The van der Waals surface area contributed by atoms with Gasteiger partial charge in [-0.15, -0.1) is 0 Å². The van der Waals surface area contributed by atoms with E-state index < -0.39 is 40.0 Å². The molecule has 4 aromatic rings. The number of rotatable bonds is 11. The van der Waals surface area contributed by atoms with Gasteiger partial charge in [0.25, 0.3) is 10.0 Å². The fourth-order valence-corrected chi connectivity index (χ4v) is 7.07. The third-order valence-electron chi connectivity index (χ3n) is 7.22. The number of hydrogen-bond acceptors (Lipinski definition) is 4. The lowest BCUT2D eigenvalue weighted by Crippen LogP contribution is -2.56. The minimum absolute atomic E-state index is 0.0417. The van der Waals surface area contributed by atoms with Gasteiger partial charge >= 0.3 is 0 Å². The fraction of sp³-hybridized carbons (Fsp3) is 0.257. The van der Waals surface area contributed by atoms with Gasteiger partial charge in [-0.1, -0.05) is 89.4 Å². The molecule has 0 saturated carbocycles. The second-order valence-electron chi connectivity index (χ2n) is 11.9. The average Bonchev–Trinajstić information content (AvgIpc) is 2.99. The van der Waals surface area contributed by atoms with Crippen LogP contribution in [-0.4, -0.2) is 43.3 Å². The first-order valence-electron chi connectivity index (χ1n) is 14.6. The van der Waals surface area contributed by atoms with E-state index in [1.54, 1.807) is 49.4 Å². The van der Waals surface area contributed by atoms with E-state index in [2.05, 4.69) is 5.32 Å². The van der Waals surface area contributed by atoms with Crippen molar-refractivity contribution in [3.8, 4) is 0 Å². The van der Waals surface area contributed by atoms with Crippen molar-refractivity contribution >= 4 is 62.3 Å². The molecule has 46 heavy (non-hydrogen) atoms. The summed E-state index contributed by atoms with van der Waals surface area (Å²) in [7, 11) is -4.27. The van der Waals surface area contributed by atoms with Crippen molar-refractivity contribution in [2.24, 2.45) is 0 Å². The molecule has 0 bridgehead atoms. The number of carbonyl (C=O) groups excluding carboxylic acids is 2. The van der Waals surface area contributed by atoms with Gasteiger partial charge in [-0.25, -0.2) is 8.42 Å². The average molecular weight is 701 g/mol. The van der Waals surface area contributed by atoms with Crippen LogP contribution in [0.1, 0.15) is 37.5 Å². The number of halogens is 3. The van der Waals surface area contributed by atoms with E-state index in [1.165, 1.54) is 29.2 Å². The van der Waals surface area contributed by atoms with E-state index in [0.717, 1.165) is 9.87 Å². The summed E-state index contributed by atoms with van der Waals surface area (Å²) in [5.41, 5.74) is 1.58. The molecule has 0 aliphatic heterocycles. The maximum atomic E-state index is 14.6. The first-order chi connectivity index (χ1) is 21.7. The molecule has 0 heterocycles. The molecule has 4 rings (SSSR count). The number of benzene rings is 4. The summed E-state index contributed by atoms with van der Waals surface area (Å²) in [5.74, 6) is -1.03. The van der Waals surface area contributed by atoms with Crippen LogP contribution in [0.5, 0.6) is 0 Å². The molecule has 7 nitrogen and oxygen atoms in total. The summed E-state index contributed by atoms with van der Waals surface area (Å²) in [4.78, 5) is 30.0. The number of carbonyl (C=O) groups is 2. The molecule has 4 aromatic carbocycles. The number of sulfonamides is 1. The van der Waals surface area contributed by atoms with Crippen LogP contribution in [0.25, 0.3) is 0 Å². The van der Waals surface area contributed by atoms with Crippen molar-refractivity contribution < 1.29 is 18.0 Å². The van der Waals surface area contributed by atoms with Gasteiger partial charge in [0, 0.05) is 39.1 Å². The largest absolute Gasteiger partial charge is 0.350 e. The lowest BCUT2D eigenvalue weighted by atomic mass is 10.0. The minimum atomic E-state index is -4.27. The number of hydrogen-bond donors (Lipinski definition) is 1. The summed E-state index contributed by atoms with van der Waals surface area (Å²) >= 11 is 19.2. The molecule has 0 aliphatic carbocycles. The summed E-state index contributed by atoms with van der Waals surface area (Å²) < 4.78 is 29.5. The maximum Gasteiger partial charge on any atom is 0.264 e. The number of nitrogens with one attached hydrogen (secondary N) is 1. The Hall–Kier alpha value is -3.56. The number of amides is 2. The molecule has 1 N–H and O–H groups in total. The summed E-state index contributed by atoms with van der Waals surface area (Å²) in [6.45, 7) is 6.56. The van der Waals surface area contributed by atoms with Crippen LogP contribution in [0, 0.1) is 6.92 Å². The highest BCUT2D eigenvalue weighted by Gasteiger charge is 2.36. The number of para-hydroxylation sites is 1. The Morgan fingerprint density at radius 2 is 1.39 bits per heavy atom. The molecule has 0 aromatic heterocycles. The number of anilines is 1. The zero-order valence-corrected chi connectivity index (χ0v) is 29.1. The van der Waals surface area contributed by atoms with Gasteiger partial charge in [-0.05, 0) is 81.3 Å². The van der Waals surface area contributed by atoms with Crippen molar-refractivity contribution in [1.29, 1.82) is 0 Å². The first kappa shape index (κ1) is 35.3. The van der Waals surface area contributed by atoms with E-state index in [9.17, 15) is 18.0 Å². The van der Waals surface area contributed by atoms with Gasteiger partial charge in [0.15, 0.2) is 0 Å². The van der Waals surface area contributed by atoms with Crippen molar-refractivity contribution in [3.63, 3.8) is 0 Å². The van der Waals surface area contributed by atoms with Crippen LogP contribution in [0.4, 0.5) is 5.69 Å². The zero-order valence-electron chi connectivity index (χ0n) is 26.0. The van der Waals surface area contributed by atoms with E-state index in [0.29, 0.717) is 31.9 Å². The van der Waals surface area contributed by atoms with Crippen molar-refractivity contribution in [1.82, 2.24) is 10.2 Å². The highest BCUT2D eigenvalue weighted by Crippen LogP contribution is 2.30. The number of nitrogens with zero attached hydrogens (tertiary/aromatic N) is 2.